The van der Waals surface area contributed by atoms with Crippen molar-refractivity contribution in [2.45, 2.75) is 141 Å². The molecule has 0 spiro atoms. The van der Waals surface area contributed by atoms with Crippen molar-refractivity contribution in [1.29, 1.82) is 0 Å². The fourth-order valence-electron chi connectivity index (χ4n) is 5.29. The molecule has 0 saturated carbocycles. The first-order valence-electron chi connectivity index (χ1n) is 16.1. The molecule has 0 fully saturated rings. The minimum Gasteiger partial charge on any atom is -0.162 e. The van der Waals surface area contributed by atoms with Crippen LogP contribution in [0.5, 0.6) is 0 Å². The molecule has 0 heterocycles. The Bertz CT molecular complexity index is 634. The minimum atomic E-state index is 1.26. The summed E-state index contributed by atoms with van der Waals surface area (Å²) in [6.07, 6.45) is 31.2. The highest BCUT2D eigenvalue weighted by Gasteiger charge is 1.97. The molecule has 208 valence electrons. The molecule has 0 unspecified atom stereocenters. The largest absolute Gasteiger partial charge is 0.162 e. The minimum absolute atomic E-state index is 1.26. The predicted molar refractivity (Wildman–Crippen MR) is 170 cm³/mol. The molecule has 0 atom stereocenters. The van der Waals surface area contributed by atoms with E-state index in [-0.39, 0.29) is 0 Å². The predicted octanol–water partition coefficient (Wildman–Crippen LogP) is 12.0. The summed E-state index contributed by atoms with van der Waals surface area (Å²) in [6.45, 7) is 0. The molecule has 0 saturated heterocycles. The number of hydrogen-bond acceptors (Lipinski definition) is 1. The van der Waals surface area contributed by atoms with Gasteiger partial charge in [0.1, 0.15) is 0 Å². The molecule has 0 aliphatic rings. The van der Waals surface area contributed by atoms with Gasteiger partial charge in [-0.2, -0.15) is 11.8 Å². The van der Waals surface area contributed by atoms with Crippen molar-refractivity contribution < 1.29 is 0 Å². The Kier molecular flexibility index (Phi) is 21.7. The second kappa shape index (κ2) is 25.1. The Labute approximate surface area is 235 Å². The highest BCUT2D eigenvalue weighted by Crippen LogP contribution is 2.16. The highest BCUT2D eigenvalue weighted by atomic mass is 32.2. The summed E-state index contributed by atoms with van der Waals surface area (Å²) in [5, 5.41) is 0. The average molecular weight is 523 g/mol. The normalized spacial score (nSPS) is 11.2. The summed E-state index contributed by atoms with van der Waals surface area (Å²) in [5.41, 5.74) is 3.01. The van der Waals surface area contributed by atoms with E-state index in [0.717, 1.165) is 0 Å². The average Bonchev–Trinajstić information content (AvgIpc) is 2.94. The highest BCUT2D eigenvalue weighted by molar-refractivity contribution is 7.99. The van der Waals surface area contributed by atoms with Crippen molar-refractivity contribution in [3.8, 4) is 0 Å². The van der Waals surface area contributed by atoms with Crippen molar-refractivity contribution in [3.63, 3.8) is 0 Å². The van der Waals surface area contributed by atoms with Gasteiger partial charge in [0.15, 0.2) is 0 Å². The lowest BCUT2D eigenvalue weighted by atomic mass is 10.0. The van der Waals surface area contributed by atoms with Crippen LogP contribution >= 0.6 is 11.8 Å². The van der Waals surface area contributed by atoms with E-state index < -0.39 is 0 Å². The topological polar surface area (TPSA) is 0 Å². The second-order valence-electron chi connectivity index (χ2n) is 11.2. The number of benzene rings is 2. The lowest BCUT2D eigenvalue weighted by Crippen LogP contribution is -1.88. The fourth-order valence-corrected chi connectivity index (χ4v) is 6.31. The maximum atomic E-state index is 2.26. The van der Waals surface area contributed by atoms with Gasteiger partial charge in [-0.15, -0.1) is 0 Å². The smallest absolute Gasteiger partial charge is 0.00675 e. The van der Waals surface area contributed by atoms with Crippen LogP contribution in [0.1, 0.15) is 140 Å². The van der Waals surface area contributed by atoms with Crippen LogP contribution in [0, 0.1) is 0 Å². The molecule has 0 nitrogen and oxygen atoms in total. The van der Waals surface area contributed by atoms with Crippen LogP contribution in [-0.2, 0) is 12.8 Å². The van der Waals surface area contributed by atoms with Gasteiger partial charge in [0, 0.05) is 0 Å². The zero-order valence-electron chi connectivity index (χ0n) is 24.2. The number of thioether (sulfide) groups is 1. The van der Waals surface area contributed by atoms with Crippen molar-refractivity contribution >= 4 is 11.8 Å². The molecule has 0 N–H and O–H groups in total. The van der Waals surface area contributed by atoms with Gasteiger partial charge in [-0.05, 0) is 61.2 Å². The van der Waals surface area contributed by atoms with Crippen LogP contribution in [0.4, 0.5) is 0 Å². The van der Waals surface area contributed by atoms with Crippen LogP contribution in [0.2, 0.25) is 0 Å². The molecule has 2 aromatic carbocycles. The maximum Gasteiger partial charge on any atom is -0.00675 e. The monoisotopic (exact) mass is 522 g/mol. The lowest BCUT2D eigenvalue weighted by Gasteiger charge is -2.05. The second-order valence-corrected chi connectivity index (χ2v) is 12.4. The third-order valence-electron chi connectivity index (χ3n) is 7.69. The van der Waals surface area contributed by atoms with Crippen LogP contribution in [0.15, 0.2) is 60.7 Å². The molecule has 2 aromatic rings. The fraction of sp³-hybridized carbons (Fsp3) is 0.667. The third kappa shape index (κ3) is 20.4. The SMILES string of the molecule is c1ccc(CCCCCCCCCCCCSCCCCCCCCCCCCc2ccccc2)cc1. The van der Waals surface area contributed by atoms with E-state index in [0.29, 0.717) is 0 Å². The summed E-state index contributed by atoms with van der Waals surface area (Å²) in [6, 6.07) is 21.9. The van der Waals surface area contributed by atoms with E-state index in [2.05, 4.69) is 72.4 Å². The van der Waals surface area contributed by atoms with Gasteiger partial charge in [0.25, 0.3) is 0 Å². The number of aryl methyl sites for hydroxylation is 2. The van der Waals surface area contributed by atoms with Gasteiger partial charge in [-0.3, -0.25) is 0 Å². The third-order valence-corrected chi connectivity index (χ3v) is 8.85. The first-order valence-corrected chi connectivity index (χ1v) is 17.3. The van der Waals surface area contributed by atoms with E-state index in [1.807, 2.05) is 0 Å². The molecule has 1 heteroatoms. The Morgan fingerprint density at radius 2 is 0.568 bits per heavy atom. The van der Waals surface area contributed by atoms with Gasteiger partial charge in [-0.25, -0.2) is 0 Å². The number of rotatable bonds is 26. The van der Waals surface area contributed by atoms with Crippen LogP contribution in [-0.4, -0.2) is 11.5 Å². The van der Waals surface area contributed by atoms with Crippen LogP contribution in [0.3, 0.4) is 0 Å². The Hall–Kier alpha value is -1.21. The van der Waals surface area contributed by atoms with Crippen LogP contribution in [0.25, 0.3) is 0 Å². The molecule has 0 amide bonds. The zero-order chi connectivity index (χ0) is 25.9. The molecule has 0 aliphatic heterocycles. The van der Waals surface area contributed by atoms with Gasteiger partial charge in [0.05, 0.1) is 0 Å². The van der Waals surface area contributed by atoms with Crippen molar-refractivity contribution in [2.75, 3.05) is 11.5 Å². The van der Waals surface area contributed by atoms with E-state index in [1.54, 1.807) is 0 Å². The van der Waals surface area contributed by atoms with Crippen molar-refractivity contribution in [3.05, 3.63) is 71.8 Å². The van der Waals surface area contributed by atoms with Gasteiger partial charge in [0.2, 0.25) is 0 Å². The number of unbranched alkanes of at least 4 members (excludes halogenated alkanes) is 18. The lowest BCUT2D eigenvalue weighted by molar-refractivity contribution is 0.556. The standard InChI is InChI=1S/C36H58S/c1(5-9-13-19-27-35-29-21-17-22-30-35)3-7-11-15-25-33-37-34-26-16-12-8-4-2-6-10-14-20-28-36-31-23-18-24-32-36/h17-18,21-24,29-32H,1-16,19-20,25-28,33-34H2. The number of hydrogen-bond donors (Lipinski definition) is 0. The van der Waals surface area contributed by atoms with Gasteiger partial charge >= 0.3 is 0 Å². The maximum absolute atomic E-state index is 2.26. The first kappa shape index (κ1) is 32.0. The molecule has 0 bridgehead atoms. The molecule has 0 aromatic heterocycles. The first-order chi connectivity index (χ1) is 18.4. The summed E-state index contributed by atoms with van der Waals surface area (Å²) in [7, 11) is 0. The van der Waals surface area contributed by atoms with E-state index >= 15 is 0 Å². The Balaban J connectivity index is 1.17. The van der Waals surface area contributed by atoms with Crippen molar-refractivity contribution in [1.82, 2.24) is 0 Å². The molecule has 0 radical (unpaired) electrons. The summed E-state index contributed by atoms with van der Waals surface area (Å²) >= 11 is 2.21. The molecule has 0 aliphatic carbocycles. The molecular formula is C36H58S. The van der Waals surface area contributed by atoms with E-state index in [4.69, 9.17) is 0 Å². The van der Waals surface area contributed by atoms with Gasteiger partial charge in [-0.1, -0.05) is 163 Å². The summed E-state index contributed by atoms with van der Waals surface area (Å²) in [4.78, 5) is 0. The van der Waals surface area contributed by atoms with E-state index in [9.17, 15) is 0 Å². The van der Waals surface area contributed by atoms with E-state index in [1.165, 1.54) is 164 Å². The van der Waals surface area contributed by atoms with Crippen LogP contribution < -0.4 is 0 Å². The zero-order valence-corrected chi connectivity index (χ0v) is 25.0. The Morgan fingerprint density at radius 3 is 0.892 bits per heavy atom. The Morgan fingerprint density at radius 1 is 0.297 bits per heavy atom. The summed E-state index contributed by atoms with van der Waals surface area (Å²) < 4.78 is 0. The summed E-state index contributed by atoms with van der Waals surface area (Å²) in [5.74, 6) is 2.79. The quantitative estimate of drug-likeness (QED) is 0.111. The molecular weight excluding hydrogens is 464 g/mol. The molecule has 2 rings (SSSR count). The van der Waals surface area contributed by atoms with Crippen molar-refractivity contribution in [2.24, 2.45) is 0 Å². The molecule has 37 heavy (non-hydrogen) atoms. The van der Waals surface area contributed by atoms with Gasteiger partial charge < -0.3 is 0 Å².